The molecule has 2 N–H and O–H groups in total. The number of hydrogen-bond donors (Lipinski definition) is 2. The first-order valence-corrected chi connectivity index (χ1v) is 7.25. The summed E-state index contributed by atoms with van der Waals surface area (Å²) in [5.41, 5.74) is 1.26. The number of nitrogens with one attached hydrogen (secondary N) is 1. The first-order valence-electron chi connectivity index (χ1n) is 5.77. The Bertz CT molecular complexity index is 598. The summed E-state index contributed by atoms with van der Waals surface area (Å²) in [5.74, 6) is 5.59. The van der Waals surface area contributed by atoms with Gasteiger partial charge in [-0.3, -0.25) is 0 Å². The fourth-order valence-electron chi connectivity index (χ4n) is 1.48. The van der Waals surface area contributed by atoms with E-state index in [-0.39, 0.29) is 11.5 Å². The third-order valence-electron chi connectivity index (χ3n) is 2.25. The lowest BCUT2D eigenvalue weighted by atomic mass is 10.1. The molecule has 0 aliphatic rings. The summed E-state index contributed by atoms with van der Waals surface area (Å²) in [7, 11) is -0.367. The van der Waals surface area contributed by atoms with E-state index in [4.69, 9.17) is 5.11 Å². The number of aryl methyl sites for hydroxylation is 1. The molecule has 0 saturated carbocycles. The summed E-state index contributed by atoms with van der Waals surface area (Å²) in [6, 6.07) is 5.01. The maximum Gasteiger partial charge on any atom is 0.253 e. The van der Waals surface area contributed by atoms with Gasteiger partial charge in [-0.05, 0) is 24.6 Å². The van der Waals surface area contributed by atoms with Crippen molar-refractivity contribution in [3.8, 4) is 11.8 Å². The van der Waals surface area contributed by atoms with Gasteiger partial charge in [0.2, 0.25) is 0 Å². The molecule has 0 bridgehead atoms. The van der Waals surface area contributed by atoms with Crippen molar-refractivity contribution in [2.45, 2.75) is 18.2 Å². The SMILES string of the molecule is Cc1ccc(C#CCCO)cc1S(=O)(=O)NN(C)C. The molecule has 0 heterocycles. The number of aliphatic hydroxyl groups excluding tert-OH is 1. The maximum absolute atomic E-state index is 12.1. The van der Waals surface area contributed by atoms with Crippen LogP contribution in [0.4, 0.5) is 0 Å². The van der Waals surface area contributed by atoms with Crippen LogP contribution in [0, 0.1) is 18.8 Å². The molecule has 0 amide bonds. The Morgan fingerprint density at radius 2 is 2.05 bits per heavy atom. The van der Waals surface area contributed by atoms with Gasteiger partial charge < -0.3 is 5.11 Å². The van der Waals surface area contributed by atoms with E-state index in [0.717, 1.165) is 0 Å². The lowest BCUT2D eigenvalue weighted by Crippen LogP contribution is -2.36. The van der Waals surface area contributed by atoms with Gasteiger partial charge in [0.15, 0.2) is 0 Å². The molecule has 0 atom stereocenters. The molecule has 1 aromatic carbocycles. The van der Waals surface area contributed by atoms with Gasteiger partial charge in [-0.15, -0.1) is 4.83 Å². The van der Waals surface area contributed by atoms with Crippen LogP contribution in [0.3, 0.4) is 0 Å². The molecule has 0 aromatic heterocycles. The molecular formula is C13H18N2O3S. The topological polar surface area (TPSA) is 69.6 Å². The van der Waals surface area contributed by atoms with Crippen LogP contribution in [0.2, 0.25) is 0 Å². The monoisotopic (exact) mass is 282 g/mol. The number of nitrogens with zero attached hydrogens (tertiary/aromatic N) is 1. The Labute approximate surface area is 114 Å². The minimum absolute atomic E-state index is 0.00774. The summed E-state index contributed by atoms with van der Waals surface area (Å²) in [5, 5.41) is 10.0. The first kappa shape index (κ1) is 15.7. The van der Waals surface area contributed by atoms with Crippen LogP contribution in [0.1, 0.15) is 17.5 Å². The zero-order valence-electron chi connectivity index (χ0n) is 11.3. The zero-order valence-corrected chi connectivity index (χ0v) is 12.1. The van der Waals surface area contributed by atoms with Crippen LogP contribution in [-0.2, 0) is 10.0 Å². The van der Waals surface area contributed by atoms with E-state index in [1.807, 2.05) is 0 Å². The van der Waals surface area contributed by atoms with Gasteiger partial charge in [-0.2, -0.15) is 0 Å². The Morgan fingerprint density at radius 1 is 1.37 bits per heavy atom. The van der Waals surface area contributed by atoms with Crippen LogP contribution < -0.4 is 4.83 Å². The van der Waals surface area contributed by atoms with Gasteiger partial charge in [0.05, 0.1) is 11.5 Å². The smallest absolute Gasteiger partial charge is 0.253 e. The van der Waals surface area contributed by atoms with Crippen molar-refractivity contribution in [2.75, 3.05) is 20.7 Å². The Kier molecular flexibility index (Phi) is 5.51. The average Bonchev–Trinajstić information content (AvgIpc) is 2.29. The normalized spacial score (nSPS) is 11.2. The van der Waals surface area contributed by atoms with Crippen LogP contribution in [0.15, 0.2) is 23.1 Å². The van der Waals surface area contributed by atoms with Gasteiger partial charge >= 0.3 is 0 Å². The highest BCUT2D eigenvalue weighted by atomic mass is 32.2. The van der Waals surface area contributed by atoms with Crippen molar-refractivity contribution >= 4 is 10.0 Å². The van der Waals surface area contributed by atoms with Crippen molar-refractivity contribution in [2.24, 2.45) is 0 Å². The molecule has 104 valence electrons. The quantitative estimate of drug-likeness (QED) is 0.623. The van der Waals surface area contributed by atoms with E-state index in [1.54, 1.807) is 33.2 Å². The molecule has 0 aliphatic carbocycles. The second-order valence-corrected chi connectivity index (χ2v) is 5.87. The molecule has 19 heavy (non-hydrogen) atoms. The lowest BCUT2D eigenvalue weighted by molar-refractivity contribution is 0.305. The highest BCUT2D eigenvalue weighted by Gasteiger charge is 2.17. The number of rotatable bonds is 4. The van der Waals surface area contributed by atoms with E-state index >= 15 is 0 Å². The van der Waals surface area contributed by atoms with E-state index in [0.29, 0.717) is 17.5 Å². The number of sulfonamides is 1. The zero-order chi connectivity index (χ0) is 14.5. The maximum atomic E-state index is 12.1. The number of hydrazine groups is 1. The molecule has 0 unspecified atom stereocenters. The summed E-state index contributed by atoms with van der Waals surface area (Å²) in [6.45, 7) is 1.72. The highest BCUT2D eigenvalue weighted by molar-refractivity contribution is 7.89. The second kappa shape index (κ2) is 6.68. The molecule has 5 nitrogen and oxygen atoms in total. The predicted octanol–water partition coefficient (Wildman–Crippen LogP) is 0.484. The van der Waals surface area contributed by atoms with Crippen LogP contribution in [-0.4, -0.2) is 39.2 Å². The van der Waals surface area contributed by atoms with Crippen molar-refractivity contribution in [3.05, 3.63) is 29.3 Å². The summed E-state index contributed by atoms with van der Waals surface area (Å²) in [6.07, 6.45) is 0.367. The summed E-state index contributed by atoms with van der Waals surface area (Å²) in [4.78, 5) is 2.59. The molecule has 1 aromatic rings. The largest absolute Gasteiger partial charge is 0.395 e. The van der Waals surface area contributed by atoms with Crippen molar-refractivity contribution in [1.82, 2.24) is 9.84 Å². The van der Waals surface area contributed by atoms with E-state index in [1.165, 1.54) is 11.1 Å². The second-order valence-electron chi connectivity index (χ2n) is 4.24. The molecule has 0 radical (unpaired) electrons. The standard InChI is InChI=1S/C13H18N2O3S/c1-11-7-8-12(6-4-5-9-16)10-13(11)19(17,18)14-15(2)3/h7-8,10,14,16H,5,9H2,1-3H3. The van der Waals surface area contributed by atoms with Gasteiger partial charge in [-0.25, -0.2) is 13.4 Å². The molecule has 6 heteroatoms. The van der Waals surface area contributed by atoms with Gasteiger partial charge in [0.1, 0.15) is 0 Å². The van der Waals surface area contributed by atoms with Gasteiger partial charge in [-0.1, -0.05) is 17.9 Å². The number of hydrogen-bond acceptors (Lipinski definition) is 4. The van der Waals surface area contributed by atoms with E-state index < -0.39 is 10.0 Å². The number of aliphatic hydroxyl groups is 1. The fourth-order valence-corrected chi connectivity index (χ4v) is 2.83. The summed E-state index contributed by atoms with van der Waals surface area (Å²) < 4.78 is 24.2. The molecule has 0 fully saturated rings. The molecule has 0 saturated heterocycles. The predicted molar refractivity (Wildman–Crippen MR) is 73.8 cm³/mol. The third kappa shape index (κ3) is 4.65. The first-order chi connectivity index (χ1) is 8.86. The summed E-state index contributed by atoms with van der Waals surface area (Å²) >= 11 is 0. The molecule has 0 aliphatic heterocycles. The highest BCUT2D eigenvalue weighted by Crippen LogP contribution is 2.16. The van der Waals surface area contributed by atoms with Crippen LogP contribution in [0.25, 0.3) is 0 Å². The Hall–Kier alpha value is -1.39. The molecule has 0 spiro atoms. The van der Waals surface area contributed by atoms with E-state index in [9.17, 15) is 8.42 Å². The van der Waals surface area contributed by atoms with E-state index in [2.05, 4.69) is 16.7 Å². The minimum Gasteiger partial charge on any atom is -0.395 e. The Morgan fingerprint density at radius 3 is 2.63 bits per heavy atom. The van der Waals surface area contributed by atoms with Crippen LogP contribution >= 0.6 is 0 Å². The Balaban J connectivity index is 3.15. The van der Waals surface area contributed by atoms with Gasteiger partial charge in [0.25, 0.3) is 10.0 Å². The van der Waals surface area contributed by atoms with Crippen LogP contribution in [0.5, 0.6) is 0 Å². The number of benzene rings is 1. The molecular weight excluding hydrogens is 264 g/mol. The average molecular weight is 282 g/mol. The fraction of sp³-hybridized carbons (Fsp3) is 0.385. The minimum atomic E-state index is -3.58. The third-order valence-corrected chi connectivity index (χ3v) is 3.87. The lowest BCUT2D eigenvalue weighted by Gasteiger charge is -2.14. The van der Waals surface area contributed by atoms with Crippen molar-refractivity contribution in [3.63, 3.8) is 0 Å². The van der Waals surface area contributed by atoms with Crippen molar-refractivity contribution < 1.29 is 13.5 Å². The molecule has 1 rings (SSSR count). The van der Waals surface area contributed by atoms with Gasteiger partial charge in [0, 0.05) is 26.1 Å². The van der Waals surface area contributed by atoms with Crippen molar-refractivity contribution in [1.29, 1.82) is 0 Å².